The lowest BCUT2D eigenvalue weighted by Gasteiger charge is -2.27. The van der Waals surface area contributed by atoms with E-state index < -0.39 is 9.84 Å². The normalized spacial score (nSPS) is 18.9. The van der Waals surface area contributed by atoms with Crippen molar-refractivity contribution in [1.29, 1.82) is 0 Å². The van der Waals surface area contributed by atoms with Crippen molar-refractivity contribution in [3.63, 3.8) is 0 Å². The first-order valence-corrected chi connectivity index (χ1v) is 11.0. The number of nitrogens with zero attached hydrogens (tertiary/aromatic N) is 3. The third-order valence-electron chi connectivity index (χ3n) is 4.57. The van der Waals surface area contributed by atoms with Gasteiger partial charge in [0.15, 0.2) is 9.84 Å². The Bertz CT molecular complexity index is 667. The minimum absolute atomic E-state index is 0.0610. The van der Waals surface area contributed by atoms with Gasteiger partial charge in [-0.1, -0.05) is 13.8 Å². The number of anilines is 1. The number of pyridine rings is 1. The van der Waals surface area contributed by atoms with Gasteiger partial charge in [-0.25, -0.2) is 13.4 Å². The molecule has 0 aromatic carbocycles. The Balaban J connectivity index is 2.13. The average Bonchev–Trinajstić information content (AvgIpc) is 2.95. The van der Waals surface area contributed by atoms with Gasteiger partial charge in [-0.3, -0.25) is 4.79 Å². The maximum absolute atomic E-state index is 12.8. The molecule has 140 valence electrons. The summed E-state index contributed by atoms with van der Waals surface area (Å²) < 4.78 is 23.4. The number of hydrogen-bond acceptors (Lipinski definition) is 5. The molecule has 2 rings (SSSR count). The number of carbonyl (C=O) groups excluding carboxylic acids is 1. The maximum Gasteiger partial charge on any atom is 0.272 e. The molecule has 0 spiro atoms. The topological polar surface area (TPSA) is 70.6 Å². The fourth-order valence-corrected chi connectivity index (χ4v) is 5.08. The Morgan fingerprint density at radius 1 is 1.20 bits per heavy atom. The van der Waals surface area contributed by atoms with E-state index in [0.29, 0.717) is 18.7 Å². The zero-order valence-electron chi connectivity index (χ0n) is 15.4. The summed E-state index contributed by atoms with van der Waals surface area (Å²) in [7, 11) is -3.02. The highest BCUT2D eigenvalue weighted by molar-refractivity contribution is 7.91. The van der Waals surface area contributed by atoms with E-state index in [2.05, 4.69) is 23.7 Å². The molecule has 7 heteroatoms. The van der Waals surface area contributed by atoms with Gasteiger partial charge in [-0.15, -0.1) is 0 Å². The second kappa shape index (κ2) is 8.65. The highest BCUT2D eigenvalue weighted by Gasteiger charge is 2.34. The molecule has 1 amide bonds. The molecule has 1 aliphatic heterocycles. The van der Waals surface area contributed by atoms with Crippen LogP contribution in [0.25, 0.3) is 0 Å². The van der Waals surface area contributed by atoms with Crippen LogP contribution >= 0.6 is 0 Å². The van der Waals surface area contributed by atoms with Crippen molar-refractivity contribution >= 4 is 21.4 Å². The molecule has 0 bridgehead atoms. The van der Waals surface area contributed by atoms with Crippen LogP contribution in [0, 0.1) is 0 Å². The van der Waals surface area contributed by atoms with E-state index in [9.17, 15) is 13.2 Å². The molecule has 0 radical (unpaired) electrons. The van der Waals surface area contributed by atoms with Crippen LogP contribution in [0.1, 0.15) is 50.5 Å². The molecule has 1 aromatic rings. The fraction of sp³-hybridized carbons (Fsp3) is 0.667. The molecule has 6 nitrogen and oxygen atoms in total. The SMILES string of the molecule is CCCN(CCC)c1ccc(C(=O)N(CC)C2CCS(=O)(=O)C2)nc1. The van der Waals surface area contributed by atoms with E-state index in [-0.39, 0.29) is 23.5 Å². The van der Waals surface area contributed by atoms with Gasteiger partial charge in [0.25, 0.3) is 5.91 Å². The summed E-state index contributed by atoms with van der Waals surface area (Å²) in [5.74, 6) is 0.0380. The predicted molar refractivity (Wildman–Crippen MR) is 101 cm³/mol. The zero-order valence-corrected chi connectivity index (χ0v) is 16.3. The van der Waals surface area contributed by atoms with Crippen LogP contribution < -0.4 is 4.90 Å². The summed E-state index contributed by atoms with van der Waals surface area (Å²) in [4.78, 5) is 21.0. The third kappa shape index (κ3) is 4.93. The molecule has 0 saturated carbocycles. The Kier molecular flexibility index (Phi) is 6.81. The van der Waals surface area contributed by atoms with Gasteiger partial charge >= 0.3 is 0 Å². The van der Waals surface area contributed by atoms with Gasteiger partial charge in [-0.05, 0) is 38.3 Å². The molecule has 1 fully saturated rings. The van der Waals surface area contributed by atoms with Gasteiger partial charge in [0.1, 0.15) is 5.69 Å². The molecule has 2 heterocycles. The van der Waals surface area contributed by atoms with E-state index in [1.165, 1.54) is 0 Å². The molecule has 1 aromatic heterocycles. The van der Waals surface area contributed by atoms with Crippen LogP contribution in [0.3, 0.4) is 0 Å². The standard InChI is InChI=1S/C18H29N3O3S/c1-4-10-20(11-5-2)15-7-8-17(19-13-15)18(22)21(6-3)16-9-12-25(23,24)14-16/h7-8,13,16H,4-6,9-12,14H2,1-3H3. The van der Waals surface area contributed by atoms with E-state index in [4.69, 9.17) is 0 Å². The summed E-state index contributed by atoms with van der Waals surface area (Å²) in [5, 5.41) is 0. The molecular formula is C18H29N3O3S. The summed E-state index contributed by atoms with van der Waals surface area (Å²) in [5.41, 5.74) is 1.40. The highest BCUT2D eigenvalue weighted by Crippen LogP contribution is 2.20. The second-order valence-electron chi connectivity index (χ2n) is 6.54. The number of carbonyl (C=O) groups is 1. The molecule has 0 N–H and O–H groups in total. The van der Waals surface area contributed by atoms with E-state index in [1.54, 1.807) is 17.2 Å². The van der Waals surface area contributed by atoms with Crippen LogP contribution in [0.2, 0.25) is 0 Å². The largest absolute Gasteiger partial charge is 0.370 e. The van der Waals surface area contributed by atoms with Crippen molar-refractivity contribution in [2.75, 3.05) is 36.0 Å². The molecule has 1 unspecified atom stereocenters. The Morgan fingerprint density at radius 3 is 2.32 bits per heavy atom. The minimum atomic E-state index is -3.02. The van der Waals surface area contributed by atoms with Crippen LogP contribution in [0.15, 0.2) is 18.3 Å². The van der Waals surface area contributed by atoms with Gasteiger partial charge < -0.3 is 9.80 Å². The maximum atomic E-state index is 12.8. The predicted octanol–water partition coefficient (Wildman–Crippen LogP) is 2.36. The smallest absolute Gasteiger partial charge is 0.272 e. The van der Waals surface area contributed by atoms with E-state index in [1.807, 2.05) is 13.0 Å². The van der Waals surface area contributed by atoms with Crippen LogP contribution in [0.5, 0.6) is 0 Å². The van der Waals surface area contributed by atoms with Crippen molar-refractivity contribution in [3.05, 3.63) is 24.0 Å². The first kappa shape index (κ1) is 19.7. The summed E-state index contributed by atoms with van der Waals surface area (Å²) in [6.45, 7) is 8.57. The average molecular weight is 368 g/mol. The van der Waals surface area contributed by atoms with Crippen LogP contribution in [-0.4, -0.2) is 61.4 Å². The van der Waals surface area contributed by atoms with Gasteiger partial charge in [-0.2, -0.15) is 0 Å². The molecule has 0 aliphatic carbocycles. The van der Waals surface area contributed by atoms with Crippen molar-refractivity contribution in [1.82, 2.24) is 9.88 Å². The quantitative estimate of drug-likeness (QED) is 0.705. The van der Waals surface area contributed by atoms with Crippen molar-refractivity contribution in [2.24, 2.45) is 0 Å². The summed E-state index contributed by atoms with van der Waals surface area (Å²) >= 11 is 0. The van der Waals surface area contributed by atoms with Gasteiger partial charge in [0, 0.05) is 25.7 Å². The molecule has 1 saturated heterocycles. The first-order valence-electron chi connectivity index (χ1n) is 9.14. The van der Waals surface area contributed by atoms with Gasteiger partial charge in [0.2, 0.25) is 0 Å². The molecular weight excluding hydrogens is 338 g/mol. The number of aromatic nitrogens is 1. The van der Waals surface area contributed by atoms with E-state index in [0.717, 1.165) is 31.6 Å². The number of sulfone groups is 1. The van der Waals surface area contributed by atoms with Crippen LogP contribution in [-0.2, 0) is 9.84 Å². The van der Waals surface area contributed by atoms with Crippen molar-refractivity contribution < 1.29 is 13.2 Å². The van der Waals surface area contributed by atoms with E-state index >= 15 is 0 Å². The lowest BCUT2D eigenvalue weighted by molar-refractivity contribution is 0.0702. The number of rotatable bonds is 8. The third-order valence-corrected chi connectivity index (χ3v) is 6.32. The Hall–Kier alpha value is -1.63. The molecule has 1 atom stereocenters. The fourth-order valence-electron chi connectivity index (χ4n) is 3.35. The van der Waals surface area contributed by atoms with Gasteiger partial charge in [0.05, 0.1) is 23.4 Å². The minimum Gasteiger partial charge on any atom is -0.370 e. The van der Waals surface area contributed by atoms with Crippen LogP contribution in [0.4, 0.5) is 5.69 Å². The Morgan fingerprint density at radius 2 is 1.88 bits per heavy atom. The van der Waals surface area contributed by atoms with Crippen molar-refractivity contribution in [2.45, 2.75) is 46.1 Å². The monoisotopic (exact) mass is 367 g/mol. The summed E-state index contributed by atoms with van der Waals surface area (Å²) in [6.07, 6.45) is 4.37. The Labute approximate surface area is 151 Å². The molecule has 25 heavy (non-hydrogen) atoms. The number of amides is 1. The van der Waals surface area contributed by atoms with Crippen molar-refractivity contribution in [3.8, 4) is 0 Å². The summed E-state index contributed by atoms with van der Waals surface area (Å²) in [6, 6.07) is 3.45. The highest BCUT2D eigenvalue weighted by atomic mass is 32.2. The lowest BCUT2D eigenvalue weighted by atomic mass is 10.2. The second-order valence-corrected chi connectivity index (χ2v) is 8.77. The molecule has 1 aliphatic rings. The number of hydrogen-bond donors (Lipinski definition) is 0. The first-order chi connectivity index (χ1) is 11.9. The zero-order chi connectivity index (χ0) is 18.4. The lowest BCUT2D eigenvalue weighted by Crippen LogP contribution is -2.41.